The monoisotopic (exact) mass is 122 g/mol. The van der Waals surface area contributed by atoms with Crippen LogP contribution in [0.4, 0.5) is 0 Å². The lowest BCUT2D eigenvalue weighted by Gasteiger charge is -1.81. The molecule has 0 spiro atoms. The van der Waals surface area contributed by atoms with E-state index >= 15 is 0 Å². The number of rotatable bonds is 1. The Bertz CT molecular complexity index is 58.6. The van der Waals surface area contributed by atoms with Crippen molar-refractivity contribution in [1.82, 2.24) is 0 Å². The van der Waals surface area contributed by atoms with Crippen LogP contribution in [0.15, 0.2) is 10.4 Å². The van der Waals surface area contributed by atoms with Crippen LogP contribution >= 0.6 is 23.4 Å². The molecule has 0 atom stereocenters. The van der Waals surface area contributed by atoms with Crippen LogP contribution in [0.1, 0.15) is 6.92 Å². The molecule has 0 fully saturated rings. The van der Waals surface area contributed by atoms with Gasteiger partial charge in [0.1, 0.15) is 0 Å². The zero-order valence-electron chi connectivity index (χ0n) is 3.86. The fourth-order valence-corrected chi connectivity index (χ4v) is 0.354. The Morgan fingerprint density at radius 2 is 2.33 bits per heavy atom. The second kappa shape index (κ2) is 3.57. The topological polar surface area (TPSA) is 0 Å². The van der Waals surface area contributed by atoms with Crippen molar-refractivity contribution in [3.05, 3.63) is 10.4 Å². The van der Waals surface area contributed by atoms with Crippen LogP contribution in [0.25, 0.3) is 0 Å². The highest BCUT2D eigenvalue weighted by Gasteiger charge is 1.77. The smallest absolute Gasteiger partial charge is 0.0689 e. The minimum absolute atomic E-state index is 0.856. The molecule has 2 heteroatoms. The van der Waals surface area contributed by atoms with Crippen LogP contribution in [0.5, 0.6) is 0 Å². The minimum Gasteiger partial charge on any atom is -0.118 e. The van der Waals surface area contributed by atoms with Crippen LogP contribution in [-0.4, -0.2) is 6.26 Å². The highest BCUT2D eigenvalue weighted by molar-refractivity contribution is 8.03. The van der Waals surface area contributed by atoms with E-state index in [9.17, 15) is 0 Å². The van der Waals surface area contributed by atoms with Gasteiger partial charge in [-0.1, -0.05) is 17.7 Å². The fraction of sp³-hybridized carbons (Fsp3) is 0.500. The summed E-state index contributed by atoms with van der Waals surface area (Å²) in [6.45, 7) is 1.92. The normalized spacial score (nSPS) is 12.2. The van der Waals surface area contributed by atoms with Gasteiger partial charge in [-0.3, -0.25) is 0 Å². The lowest BCUT2D eigenvalue weighted by molar-refractivity contribution is 1.77. The third kappa shape index (κ3) is 2.61. The third-order valence-corrected chi connectivity index (χ3v) is 1.73. The number of halogens is 1. The summed E-state index contributed by atoms with van der Waals surface area (Å²) in [5.41, 5.74) is 0. The number of allylic oxidation sites excluding steroid dienone is 1. The molecule has 0 aliphatic rings. The van der Waals surface area contributed by atoms with Crippen molar-refractivity contribution in [2.45, 2.75) is 6.92 Å². The van der Waals surface area contributed by atoms with Crippen LogP contribution in [0.2, 0.25) is 0 Å². The SMILES string of the molecule is CC=C(Cl)SC. The summed E-state index contributed by atoms with van der Waals surface area (Å²) >= 11 is 7.03. The number of hydrogen-bond acceptors (Lipinski definition) is 1. The maximum atomic E-state index is 5.47. The van der Waals surface area contributed by atoms with E-state index in [1.807, 2.05) is 19.3 Å². The van der Waals surface area contributed by atoms with E-state index in [1.54, 1.807) is 11.8 Å². The molecule has 0 aliphatic carbocycles. The van der Waals surface area contributed by atoms with Gasteiger partial charge in [0, 0.05) is 0 Å². The molecule has 0 saturated heterocycles. The molecule has 0 N–H and O–H groups in total. The predicted molar refractivity (Wildman–Crippen MR) is 33.1 cm³/mol. The Balaban J connectivity index is 3.22. The van der Waals surface area contributed by atoms with E-state index in [0.717, 1.165) is 4.36 Å². The van der Waals surface area contributed by atoms with Crippen molar-refractivity contribution in [3.63, 3.8) is 0 Å². The number of thioether (sulfide) groups is 1. The first kappa shape index (κ1) is 6.38. The first-order valence-electron chi connectivity index (χ1n) is 1.67. The molecular formula is C4H7ClS. The van der Waals surface area contributed by atoms with Gasteiger partial charge in [0.25, 0.3) is 0 Å². The summed E-state index contributed by atoms with van der Waals surface area (Å²) in [4.78, 5) is 0. The van der Waals surface area contributed by atoms with E-state index in [-0.39, 0.29) is 0 Å². The largest absolute Gasteiger partial charge is 0.118 e. The fourth-order valence-electron chi connectivity index (χ4n) is 0.118. The Morgan fingerprint density at radius 1 is 1.83 bits per heavy atom. The van der Waals surface area contributed by atoms with E-state index < -0.39 is 0 Å². The molecule has 0 unspecified atom stereocenters. The van der Waals surface area contributed by atoms with Crippen molar-refractivity contribution in [3.8, 4) is 0 Å². The van der Waals surface area contributed by atoms with Crippen molar-refractivity contribution in [2.24, 2.45) is 0 Å². The number of hydrogen-bond donors (Lipinski definition) is 0. The summed E-state index contributed by atoms with van der Waals surface area (Å²) < 4.78 is 0.856. The molecule has 0 aromatic heterocycles. The lowest BCUT2D eigenvalue weighted by atomic mass is 10.8. The van der Waals surface area contributed by atoms with Gasteiger partial charge in [-0.25, -0.2) is 0 Å². The first-order chi connectivity index (χ1) is 2.81. The van der Waals surface area contributed by atoms with Gasteiger partial charge in [-0.15, -0.1) is 11.8 Å². The maximum absolute atomic E-state index is 5.47. The maximum Gasteiger partial charge on any atom is 0.0689 e. The van der Waals surface area contributed by atoms with Crippen molar-refractivity contribution in [2.75, 3.05) is 6.26 Å². The highest BCUT2D eigenvalue weighted by atomic mass is 35.5. The van der Waals surface area contributed by atoms with E-state index in [2.05, 4.69) is 0 Å². The molecule has 0 bridgehead atoms. The molecule has 0 aromatic rings. The molecule has 6 heavy (non-hydrogen) atoms. The molecule has 36 valence electrons. The standard InChI is InChI=1S/C4H7ClS/c1-3-4(5)6-2/h3H,1-2H3. The average molecular weight is 123 g/mol. The summed E-state index contributed by atoms with van der Waals surface area (Å²) in [7, 11) is 0. The van der Waals surface area contributed by atoms with Crippen molar-refractivity contribution < 1.29 is 0 Å². The lowest BCUT2D eigenvalue weighted by Crippen LogP contribution is -1.50. The van der Waals surface area contributed by atoms with E-state index in [1.165, 1.54) is 0 Å². The molecule has 0 saturated carbocycles. The average Bonchev–Trinajstić information content (AvgIpc) is 1.65. The summed E-state index contributed by atoms with van der Waals surface area (Å²) in [6.07, 6.45) is 3.81. The van der Waals surface area contributed by atoms with Crippen LogP contribution in [-0.2, 0) is 0 Å². The Labute approximate surface area is 47.6 Å². The van der Waals surface area contributed by atoms with Gasteiger partial charge in [-0.05, 0) is 13.2 Å². The molecule has 0 heterocycles. The zero-order chi connectivity index (χ0) is 4.99. The zero-order valence-corrected chi connectivity index (χ0v) is 5.44. The third-order valence-electron chi connectivity index (χ3n) is 0.422. The Morgan fingerprint density at radius 3 is 2.33 bits per heavy atom. The molecular weight excluding hydrogens is 116 g/mol. The second-order valence-electron chi connectivity index (χ2n) is 0.797. The highest BCUT2D eigenvalue weighted by Crippen LogP contribution is 2.14. The summed E-state index contributed by atoms with van der Waals surface area (Å²) in [5, 5.41) is 0. The predicted octanol–water partition coefficient (Wildman–Crippen LogP) is 2.45. The summed E-state index contributed by atoms with van der Waals surface area (Å²) in [6, 6.07) is 0. The molecule has 0 aromatic carbocycles. The molecule has 0 aliphatic heterocycles. The quantitative estimate of drug-likeness (QED) is 0.515. The van der Waals surface area contributed by atoms with E-state index in [4.69, 9.17) is 11.6 Å². The first-order valence-corrected chi connectivity index (χ1v) is 3.27. The van der Waals surface area contributed by atoms with Crippen LogP contribution in [0.3, 0.4) is 0 Å². The van der Waals surface area contributed by atoms with Crippen LogP contribution in [0, 0.1) is 0 Å². The summed E-state index contributed by atoms with van der Waals surface area (Å²) in [5.74, 6) is 0. The van der Waals surface area contributed by atoms with Crippen LogP contribution < -0.4 is 0 Å². The van der Waals surface area contributed by atoms with Gasteiger partial charge in [-0.2, -0.15) is 0 Å². The molecule has 0 nitrogen and oxygen atoms in total. The van der Waals surface area contributed by atoms with E-state index in [0.29, 0.717) is 0 Å². The van der Waals surface area contributed by atoms with Gasteiger partial charge in [0.2, 0.25) is 0 Å². The van der Waals surface area contributed by atoms with Gasteiger partial charge < -0.3 is 0 Å². The Kier molecular flexibility index (Phi) is 3.79. The van der Waals surface area contributed by atoms with Gasteiger partial charge in [0.15, 0.2) is 0 Å². The second-order valence-corrected chi connectivity index (χ2v) is 2.28. The van der Waals surface area contributed by atoms with Gasteiger partial charge >= 0.3 is 0 Å². The minimum atomic E-state index is 0.856. The van der Waals surface area contributed by atoms with Crippen molar-refractivity contribution >= 4 is 23.4 Å². The Hall–Kier alpha value is 0.380. The molecule has 0 rings (SSSR count). The molecule has 0 radical (unpaired) electrons. The van der Waals surface area contributed by atoms with Crippen molar-refractivity contribution in [1.29, 1.82) is 0 Å². The van der Waals surface area contributed by atoms with Gasteiger partial charge in [0.05, 0.1) is 4.36 Å². The molecule has 0 amide bonds.